The van der Waals surface area contributed by atoms with Crippen LogP contribution in [0.3, 0.4) is 0 Å². The van der Waals surface area contributed by atoms with E-state index in [1.165, 1.54) is 0 Å². The first-order valence-electron chi connectivity index (χ1n) is 18.8. The average Bonchev–Trinajstić information content (AvgIpc) is 3.85. The second-order valence-electron chi connectivity index (χ2n) is 13.8. The fourth-order valence-corrected chi connectivity index (χ4v) is 7.03. The van der Waals surface area contributed by atoms with Crippen molar-refractivity contribution in [3.05, 3.63) is 37.4 Å². The highest BCUT2D eigenvalue weighted by molar-refractivity contribution is 5.77. The molecule has 2 aromatic rings. The first-order chi connectivity index (χ1) is 24.4. The van der Waals surface area contributed by atoms with E-state index >= 15 is 0 Å². The van der Waals surface area contributed by atoms with E-state index in [1.807, 2.05) is 34.8 Å². The van der Waals surface area contributed by atoms with Crippen LogP contribution in [0.1, 0.15) is 89.9 Å². The molecule has 5 rings (SSSR count). The number of nitrogens with zero attached hydrogens (tertiary/aromatic N) is 8. The third-order valence-electron chi connectivity index (χ3n) is 10.2. The lowest BCUT2D eigenvalue weighted by Gasteiger charge is -2.36. The van der Waals surface area contributed by atoms with Gasteiger partial charge in [-0.15, -0.1) is 0 Å². The van der Waals surface area contributed by atoms with E-state index in [0.717, 1.165) is 90.1 Å². The Morgan fingerprint density at radius 3 is 1.26 bits per heavy atom. The molecule has 2 aromatic heterocycles. The Hall–Kier alpha value is -4.10. The Morgan fingerprint density at radius 2 is 0.900 bits per heavy atom. The molecule has 0 N–H and O–H groups in total. The predicted octanol–water partition coefficient (Wildman–Crippen LogP) is 4.55. The van der Waals surface area contributed by atoms with Crippen molar-refractivity contribution in [2.75, 3.05) is 52.4 Å². The summed E-state index contributed by atoms with van der Waals surface area (Å²) in [5.41, 5.74) is 0. The van der Waals surface area contributed by atoms with Crippen LogP contribution in [0.4, 0.5) is 9.59 Å². The molecule has 14 heteroatoms. The van der Waals surface area contributed by atoms with Crippen LogP contribution in [0.15, 0.2) is 37.4 Å². The number of piperazine rings is 2. The van der Waals surface area contributed by atoms with Crippen LogP contribution in [0.2, 0.25) is 0 Å². The summed E-state index contributed by atoms with van der Waals surface area (Å²) in [4.78, 5) is 66.5. The number of carbonyl (C=O) groups excluding carboxylic acids is 4. The number of aryl methyl sites for hydroxylation is 2. The summed E-state index contributed by atoms with van der Waals surface area (Å²) in [5, 5.41) is 0. The Morgan fingerprint density at radius 1 is 0.520 bits per heavy atom. The number of rotatable bonds is 14. The molecular formula is C36H56N8O6. The quantitative estimate of drug-likeness (QED) is 0.263. The summed E-state index contributed by atoms with van der Waals surface area (Å²) in [6, 6.07) is 0. The Labute approximate surface area is 296 Å². The zero-order chi connectivity index (χ0) is 35.0. The molecule has 14 nitrogen and oxygen atoms in total. The van der Waals surface area contributed by atoms with Crippen molar-refractivity contribution in [2.24, 2.45) is 0 Å². The third-order valence-corrected chi connectivity index (χ3v) is 10.2. The van der Waals surface area contributed by atoms with Gasteiger partial charge in [-0.3, -0.25) is 9.59 Å². The number of amides is 4. The normalized spacial score (nSPS) is 20.2. The molecule has 3 aliphatic rings. The number of imidazole rings is 2. The maximum Gasteiger partial charge on any atom is 0.410 e. The molecule has 4 amide bonds. The van der Waals surface area contributed by atoms with Gasteiger partial charge >= 0.3 is 12.2 Å². The summed E-state index contributed by atoms with van der Waals surface area (Å²) in [6.07, 6.45) is 21.6. The number of ether oxygens (including phenoxy) is 2. The maximum atomic E-state index is 12.9. The third kappa shape index (κ3) is 12.0. The summed E-state index contributed by atoms with van der Waals surface area (Å²) in [6.45, 7) is 5.97. The maximum absolute atomic E-state index is 12.9. The van der Waals surface area contributed by atoms with Crippen LogP contribution in [0.5, 0.6) is 0 Å². The second kappa shape index (κ2) is 19.9. The molecule has 1 saturated carbocycles. The first kappa shape index (κ1) is 37.2. The zero-order valence-corrected chi connectivity index (χ0v) is 29.6. The van der Waals surface area contributed by atoms with Crippen molar-refractivity contribution in [2.45, 2.75) is 115 Å². The first-order valence-corrected chi connectivity index (χ1v) is 18.8. The van der Waals surface area contributed by atoms with Gasteiger partial charge in [-0.05, 0) is 64.2 Å². The monoisotopic (exact) mass is 696 g/mol. The molecule has 0 radical (unpaired) electrons. The van der Waals surface area contributed by atoms with Gasteiger partial charge in [0.05, 0.1) is 12.7 Å². The van der Waals surface area contributed by atoms with Crippen molar-refractivity contribution >= 4 is 24.0 Å². The number of hydrogen-bond donors (Lipinski definition) is 0. The van der Waals surface area contributed by atoms with Gasteiger partial charge in [0.15, 0.2) is 0 Å². The SMILES string of the molecule is O=C(CCCCCn1ccnc1)N1CCN(C(=O)OC2CCCC(OC(=O)N3CCN(C(=O)CCCCCn4ccnc4)CC3)CCC2)CC1. The summed E-state index contributed by atoms with van der Waals surface area (Å²) in [5.74, 6) is 0.320. The minimum Gasteiger partial charge on any atom is -0.446 e. The van der Waals surface area contributed by atoms with E-state index in [-0.39, 0.29) is 36.2 Å². The largest absolute Gasteiger partial charge is 0.446 e. The number of aromatic nitrogens is 4. The molecule has 2 aliphatic heterocycles. The van der Waals surface area contributed by atoms with Gasteiger partial charge in [0, 0.05) is 103 Å². The van der Waals surface area contributed by atoms with E-state index in [1.54, 1.807) is 22.2 Å². The lowest BCUT2D eigenvalue weighted by Crippen LogP contribution is -2.51. The van der Waals surface area contributed by atoms with Crippen LogP contribution >= 0.6 is 0 Å². The molecule has 0 bridgehead atoms. The Bertz CT molecular complexity index is 1200. The van der Waals surface area contributed by atoms with E-state index in [2.05, 4.69) is 19.1 Å². The molecule has 3 fully saturated rings. The van der Waals surface area contributed by atoms with E-state index in [0.29, 0.717) is 65.2 Å². The predicted molar refractivity (Wildman–Crippen MR) is 186 cm³/mol. The van der Waals surface area contributed by atoms with Crippen LogP contribution in [0.25, 0.3) is 0 Å². The van der Waals surface area contributed by atoms with Gasteiger partial charge in [0.25, 0.3) is 0 Å². The van der Waals surface area contributed by atoms with Crippen molar-refractivity contribution in [3.63, 3.8) is 0 Å². The van der Waals surface area contributed by atoms with Crippen LogP contribution in [0, 0.1) is 0 Å². The molecule has 0 aromatic carbocycles. The van der Waals surface area contributed by atoms with Crippen molar-refractivity contribution < 1.29 is 28.7 Å². The number of hydrogen-bond acceptors (Lipinski definition) is 8. The Kier molecular flexibility index (Phi) is 14.8. The lowest BCUT2D eigenvalue weighted by atomic mass is 9.96. The molecular weight excluding hydrogens is 640 g/mol. The smallest absolute Gasteiger partial charge is 0.410 e. The highest BCUT2D eigenvalue weighted by Gasteiger charge is 2.30. The average molecular weight is 697 g/mol. The molecule has 0 unspecified atom stereocenters. The van der Waals surface area contributed by atoms with Crippen molar-refractivity contribution in [3.8, 4) is 0 Å². The van der Waals surface area contributed by atoms with Gasteiger partial charge < -0.3 is 38.2 Å². The van der Waals surface area contributed by atoms with Gasteiger partial charge in [-0.1, -0.05) is 12.8 Å². The number of carbonyl (C=O) groups is 4. The van der Waals surface area contributed by atoms with Gasteiger partial charge in [-0.2, -0.15) is 0 Å². The van der Waals surface area contributed by atoms with Crippen LogP contribution in [-0.2, 0) is 32.2 Å². The molecule has 4 heterocycles. The topological polar surface area (TPSA) is 135 Å². The van der Waals surface area contributed by atoms with Gasteiger partial charge in [0.1, 0.15) is 12.2 Å². The standard InChI is InChI=1S/C36H56N8O6/c45-33(13-3-1-5-17-39-19-15-37-29-39)41-21-25-43(26-22-41)35(47)49-31-9-7-11-32(12-8-10-31)50-36(48)44-27-23-42(24-28-44)34(46)14-4-2-6-18-40-20-16-38-30-40/h15-16,19-20,29-32H,1-14,17-18,21-28H2. The van der Waals surface area contributed by atoms with Crippen molar-refractivity contribution in [1.29, 1.82) is 0 Å². The second-order valence-corrected chi connectivity index (χ2v) is 13.8. The fourth-order valence-electron chi connectivity index (χ4n) is 7.03. The minimum absolute atomic E-state index is 0.150. The molecule has 2 saturated heterocycles. The molecule has 0 atom stereocenters. The summed E-state index contributed by atoms with van der Waals surface area (Å²) in [7, 11) is 0. The van der Waals surface area contributed by atoms with Crippen LogP contribution < -0.4 is 0 Å². The van der Waals surface area contributed by atoms with E-state index < -0.39 is 0 Å². The Balaban J connectivity index is 0.892. The summed E-state index contributed by atoms with van der Waals surface area (Å²) >= 11 is 0. The fraction of sp³-hybridized carbons (Fsp3) is 0.722. The summed E-state index contributed by atoms with van der Waals surface area (Å²) < 4.78 is 15.9. The van der Waals surface area contributed by atoms with E-state index in [4.69, 9.17) is 9.47 Å². The molecule has 276 valence electrons. The van der Waals surface area contributed by atoms with Gasteiger partial charge in [-0.25, -0.2) is 19.6 Å². The highest BCUT2D eigenvalue weighted by Crippen LogP contribution is 2.24. The molecule has 1 aliphatic carbocycles. The minimum atomic E-state index is -0.298. The van der Waals surface area contributed by atoms with E-state index in [9.17, 15) is 19.2 Å². The van der Waals surface area contributed by atoms with Crippen molar-refractivity contribution in [1.82, 2.24) is 38.7 Å². The van der Waals surface area contributed by atoms with Crippen LogP contribution in [-0.4, -0.2) is 127 Å². The zero-order valence-electron chi connectivity index (χ0n) is 29.6. The lowest BCUT2D eigenvalue weighted by molar-refractivity contribution is -0.133. The van der Waals surface area contributed by atoms with Gasteiger partial charge in [0.2, 0.25) is 11.8 Å². The molecule has 50 heavy (non-hydrogen) atoms. The number of unbranched alkanes of at least 4 members (excludes halogenated alkanes) is 4. The highest BCUT2D eigenvalue weighted by atomic mass is 16.6. The molecule has 0 spiro atoms.